The second-order valence-electron chi connectivity index (χ2n) is 7.20. The molecule has 28 heavy (non-hydrogen) atoms. The van der Waals surface area contributed by atoms with Gasteiger partial charge in [-0.05, 0) is 26.5 Å². The molecule has 4 rings (SSSR count). The number of fused-ring (bicyclic) bond motifs is 2. The van der Waals surface area contributed by atoms with E-state index in [0.29, 0.717) is 15.9 Å². The first-order valence-corrected chi connectivity index (χ1v) is 10.3. The third-order valence-electron chi connectivity index (χ3n) is 5.01. The van der Waals surface area contributed by atoms with Gasteiger partial charge >= 0.3 is 0 Å². The van der Waals surface area contributed by atoms with Gasteiger partial charge in [-0.2, -0.15) is 5.10 Å². The molecule has 1 aliphatic heterocycles. The van der Waals surface area contributed by atoms with Gasteiger partial charge in [-0.1, -0.05) is 25.1 Å². The monoisotopic (exact) mass is 397 g/mol. The van der Waals surface area contributed by atoms with E-state index in [1.54, 1.807) is 24.3 Å². The maximum absolute atomic E-state index is 13.0. The highest BCUT2D eigenvalue weighted by Crippen LogP contribution is 2.28. The summed E-state index contributed by atoms with van der Waals surface area (Å²) in [7, 11) is 0. The van der Waals surface area contributed by atoms with E-state index in [1.807, 2.05) is 13.8 Å². The van der Waals surface area contributed by atoms with Gasteiger partial charge in [0.15, 0.2) is 10.8 Å². The largest absolute Gasteiger partial charge is 0.298 e. The Balaban J connectivity index is 1.69. The molecule has 3 aromatic rings. The van der Waals surface area contributed by atoms with Gasteiger partial charge < -0.3 is 0 Å². The number of rotatable bonds is 4. The lowest BCUT2D eigenvalue weighted by Crippen LogP contribution is -2.29. The highest BCUT2D eigenvalue weighted by Gasteiger charge is 2.22. The molecule has 0 saturated carbocycles. The van der Waals surface area contributed by atoms with E-state index in [4.69, 9.17) is 0 Å². The molecule has 2 aromatic heterocycles. The third-order valence-corrected chi connectivity index (χ3v) is 6.01. The minimum Gasteiger partial charge on any atom is -0.298 e. The molecule has 146 valence electrons. The molecule has 8 heteroatoms. The lowest BCUT2D eigenvalue weighted by atomic mass is 10.1. The Kier molecular flexibility index (Phi) is 4.99. The lowest BCUT2D eigenvalue weighted by Gasteiger charge is -2.23. The predicted molar refractivity (Wildman–Crippen MR) is 111 cm³/mol. The minimum atomic E-state index is -0.343. The maximum Gasteiger partial charge on any atom is 0.278 e. The van der Waals surface area contributed by atoms with Crippen LogP contribution < -0.4 is 10.9 Å². The second kappa shape index (κ2) is 7.44. The molecule has 0 unspecified atom stereocenters. The van der Waals surface area contributed by atoms with Gasteiger partial charge in [0.05, 0.1) is 17.1 Å². The van der Waals surface area contributed by atoms with E-state index in [2.05, 4.69) is 27.2 Å². The summed E-state index contributed by atoms with van der Waals surface area (Å²) in [6.07, 6.45) is 0.898. The number of hydrogen-bond acceptors (Lipinski definition) is 6. The van der Waals surface area contributed by atoms with E-state index < -0.39 is 0 Å². The van der Waals surface area contributed by atoms with Gasteiger partial charge in [0.2, 0.25) is 0 Å². The zero-order chi connectivity index (χ0) is 19.8. The van der Waals surface area contributed by atoms with Crippen LogP contribution in [0.25, 0.3) is 10.8 Å². The van der Waals surface area contributed by atoms with Crippen molar-refractivity contribution in [2.24, 2.45) is 0 Å². The number of likely N-dealkylation sites (N-methyl/N-ethyl adjacent to an activating group) is 1. The third kappa shape index (κ3) is 3.33. The number of anilines is 1. The number of carbonyl (C=O) groups is 1. The summed E-state index contributed by atoms with van der Waals surface area (Å²) in [5, 5.41) is 8.90. The number of benzene rings is 1. The number of nitrogens with zero attached hydrogens (tertiary/aromatic N) is 4. The Morgan fingerprint density at radius 3 is 2.75 bits per heavy atom. The molecule has 0 bridgehead atoms. The molecule has 0 spiro atoms. The normalized spacial score (nSPS) is 14.4. The van der Waals surface area contributed by atoms with Gasteiger partial charge in [0.1, 0.15) is 0 Å². The predicted octanol–water partition coefficient (Wildman–Crippen LogP) is 3.06. The van der Waals surface area contributed by atoms with Crippen molar-refractivity contribution in [1.29, 1.82) is 0 Å². The first-order chi connectivity index (χ1) is 13.5. The topological polar surface area (TPSA) is 80.1 Å². The van der Waals surface area contributed by atoms with Crippen LogP contribution in [-0.4, -0.2) is 38.7 Å². The number of nitrogens with one attached hydrogen (secondary N) is 1. The van der Waals surface area contributed by atoms with Gasteiger partial charge in [-0.25, -0.2) is 9.67 Å². The van der Waals surface area contributed by atoms with E-state index in [1.165, 1.54) is 20.9 Å². The van der Waals surface area contributed by atoms with Crippen LogP contribution in [0.3, 0.4) is 0 Å². The molecule has 3 heterocycles. The Hall–Kier alpha value is -2.58. The quantitative estimate of drug-likeness (QED) is 0.732. The summed E-state index contributed by atoms with van der Waals surface area (Å²) in [4.78, 5) is 33.8. The smallest absolute Gasteiger partial charge is 0.278 e. The van der Waals surface area contributed by atoms with Crippen molar-refractivity contribution in [3.05, 3.63) is 50.9 Å². The molecule has 0 saturated heterocycles. The maximum atomic E-state index is 13.0. The Labute approximate surface area is 167 Å². The summed E-state index contributed by atoms with van der Waals surface area (Å²) in [6.45, 7) is 8.77. The van der Waals surface area contributed by atoms with Crippen LogP contribution in [0.2, 0.25) is 0 Å². The highest BCUT2D eigenvalue weighted by molar-refractivity contribution is 7.15. The number of hydrogen-bond donors (Lipinski definition) is 1. The number of carbonyl (C=O) groups excluding carboxylic acids is 1. The van der Waals surface area contributed by atoms with E-state index in [-0.39, 0.29) is 23.2 Å². The molecule has 0 radical (unpaired) electrons. The van der Waals surface area contributed by atoms with Crippen LogP contribution >= 0.6 is 11.3 Å². The van der Waals surface area contributed by atoms with Crippen LogP contribution in [0.1, 0.15) is 47.9 Å². The number of thiazole rings is 1. The first kappa shape index (κ1) is 18.8. The van der Waals surface area contributed by atoms with Crippen LogP contribution in [0.4, 0.5) is 5.13 Å². The Bertz CT molecular complexity index is 1100. The van der Waals surface area contributed by atoms with Crippen LogP contribution in [0.15, 0.2) is 29.1 Å². The zero-order valence-electron chi connectivity index (χ0n) is 16.2. The summed E-state index contributed by atoms with van der Waals surface area (Å²) in [5.74, 6) is -0.343. The van der Waals surface area contributed by atoms with E-state index in [9.17, 15) is 9.59 Å². The standard InChI is InChI=1S/C20H23N5O2S/c1-4-24-10-9-15-16(11-24)28-20(21-15)22-18(26)17-13-7-5-6-8-14(13)19(27)25(23-17)12(2)3/h5-8,12H,4,9-11H2,1-3H3,(H,21,22,26). The average molecular weight is 398 g/mol. The van der Waals surface area contributed by atoms with Crippen molar-refractivity contribution in [2.75, 3.05) is 18.4 Å². The summed E-state index contributed by atoms with van der Waals surface area (Å²) >= 11 is 1.52. The van der Waals surface area contributed by atoms with Gasteiger partial charge in [0, 0.05) is 29.8 Å². The van der Waals surface area contributed by atoms with E-state index >= 15 is 0 Å². The van der Waals surface area contributed by atoms with Gasteiger partial charge in [-0.15, -0.1) is 11.3 Å². The molecule has 0 aliphatic carbocycles. The molecule has 1 aliphatic rings. The lowest BCUT2D eigenvalue weighted by molar-refractivity contribution is 0.102. The summed E-state index contributed by atoms with van der Waals surface area (Å²) < 4.78 is 1.36. The van der Waals surface area contributed by atoms with Crippen LogP contribution in [-0.2, 0) is 13.0 Å². The average Bonchev–Trinajstić information content (AvgIpc) is 3.09. The Morgan fingerprint density at radius 1 is 1.29 bits per heavy atom. The second-order valence-corrected chi connectivity index (χ2v) is 8.28. The van der Waals surface area contributed by atoms with Crippen molar-refractivity contribution in [3.8, 4) is 0 Å². The Morgan fingerprint density at radius 2 is 2.04 bits per heavy atom. The number of amides is 1. The molecule has 1 N–H and O–H groups in total. The first-order valence-electron chi connectivity index (χ1n) is 9.51. The van der Waals surface area contributed by atoms with Crippen molar-refractivity contribution < 1.29 is 4.79 Å². The van der Waals surface area contributed by atoms with Crippen LogP contribution in [0, 0.1) is 0 Å². The van der Waals surface area contributed by atoms with E-state index in [0.717, 1.165) is 31.7 Å². The van der Waals surface area contributed by atoms with Crippen LogP contribution in [0.5, 0.6) is 0 Å². The molecule has 0 fully saturated rings. The van der Waals surface area contributed by atoms with Crippen molar-refractivity contribution in [3.63, 3.8) is 0 Å². The number of aromatic nitrogens is 3. The summed E-state index contributed by atoms with van der Waals surface area (Å²) in [5.41, 5.74) is 1.12. The fourth-order valence-corrected chi connectivity index (χ4v) is 4.50. The molecule has 1 amide bonds. The summed E-state index contributed by atoms with van der Waals surface area (Å²) in [6, 6.07) is 6.95. The van der Waals surface area contributed by atoms with Crippen molar-refractivity contribution >= 4 is 33.1 Å². The zero-order valence-corrected chi connectivity index (χ0v) is 17.0. The molecule has 7 nitrogen and oxygen atoms in total. The van der Waals surface area contributed by atoms with Gasteiger partial charge in [-0.3, -0.25) is 19.8 Å². The molecular weight excluding hydrogens is 374 g/mol. The minimum absolute atomic E-state index is 0.143. The fourth-order valence-electron chi connectivity index (χ4n) is 3.45. The molecular formula is C20H23N5O2S. The van der Waals surface area contributed by atoms with Crippen molar-refractivity contribution in [1.82, 2.24) is 19.7 Å². The van der Waals surface area contributed by atoms with Gasteiger partial charge in [0.25, 0.3) is 11.5 Å². The van der Waals surface area contributed by atoms with Crippen molar-refractivity contribution in [2.45, 2.75) is 39.8 Å². The SMILES string of the molecule is CCN1CCc2nc(NC(=O)c3nn(C(C)C)c(=O)c4ccccc34)sc2C1. The highest BCUT2D eigenvalue weighted by atomic mass is 32.1. The molecule has 0 atom stereocenters. The fraction of sp³-hybridized carbons (Fsp3) is 0.400. The molecule has 1 aromatic carbocycles.